The number of halogens is 1. The zero-order valence-corrected chi connectivity index (χ0v) is 18.3. The van der Waals surface area contributed by atoms with E-state index in [9.17, 15) is 9.18 Å². The van der Waals surface area contributed by atoms with Gasteiger partial charge in [0.2, 0.25) is 12.2 Å². The van der Waals surface area contributed by atoms with Gasteiger partial charge in [-0.15, -0.1) is 0 Å². The van der Waals surface area contributed by atoms with Gasteiger partial charge >= 0.3 is 0 Å². The maximum Gasteiger partial charge on any atom is 0.274 e. The second-order valence-corrected chi connectivity index (χ2v) is 7.84. The van der Waals surface area contributed by atoms with Crippen molar-refractivity contribution < 1.29 is 13.9 Å². The molecule has 0 bridgehead atoms. The van der Waals surface area contributed by atoms with Crippen LogP contribution < -0.4 is 15.5 Å². The molecule has 168 valence electrons. The van der Waals surface area contributed by atoms with Crippen molar-refractivity contribution in [1.82, 2.24) is 24.7 Å². The van der Waals surface area contributed by atoms with Crippen LogP contribution in [0.2, 0.25) is 0 Å². The van der Waals surface area contributed by atoms with Gasteiger partial charge in [-0.1, -0.05) is 0 Å². The summed E-state index contributed by atoms with van der Waals surface area (Å²) in [6.45, 7) is 6.30. The molecule has 32 heavy (non-hydrogen) atoms. The highest BCUT2D eigenvalue weighted by atomic mass is 19.1. The van der Waals surface area contributed by atoms with Crippen molar-refractivity contribution in [3.05, 3.63) is 53.5 Å². The molecule has 1 amide bonds. The third kappa shape index (κ3) is 4.52. The van der Waals surface area contributed by atoms with E-state index in [2.05, 4.69) is 30.7 Å². The summed E-state index contributed by atoms with van der Waals surface area (Å²) in [4.78, 5) is 26.9. The number of aryl methyl sites for hydroxylation is 1. The number of pyridine rings is 1. The Morgan fingerprint density at radius 2 is 2.12 bits per heavy atom. The fourth-order valence-corrected chi connectivity index (χ4v) is 3.39. The van der Waals surface area contributed by atoms with Gasteiger partial charge in [0.1, 0.15) is 11.5 Å². The first-order valence-electron chi connectivity index (χ1n) is 10.2. The zero-order valence-electron chi connectivity index (χ0n) is 18.3. The highest BCUT2D eigenvalue weighted by molar-refractivity contribution is 6.02. The number of fused-ring (bicyclic) bond motifs is 1. The number of rotatable bonds is 7. The van der Waals surface area contributed by atoms with Crippen LogP contribution in [0.15, 0.2) is 30.9 Å². The van der Waals surface area contributed by atoms with Crippen LogP contribution in [0.3, 0.4) is 0 Å². The zero-order chi connectivity index (χ0) is 22.8. The third-order valence-electron chi connectivity index (χ3n) is 4.96. The van der Waals surface area contributed by atoms with E-state index in [0.29, 0.717) is 41.8 Å². The minimum Gasteiger partial charge on any atom is -0.350 e. The predicted molar refractivity (Wildman–Crippen MR) is 117 cm³/mol. The number of hydrogen-bond donors (Lipinski definition) is 2. The normalized spacial score (nSPS) is 15.6. The molecule has 4 heterocycles. The van der Waals surface area contributed by atoms with E-state index in [-0.39, 0.29) is 17.8 Å². The summed E-state index contributed by atoms with van der Waals surface area (Å²) in [6, 6.07) is 1.63. The van der Waals surface area contributed by atoms with Crippen molar-refractivity contribution >= 4 is 23.4 Å². The lowest BCUT2D eigenvalue weighted by Crippen LogP contribution is -2.49. The maximum atomic E-state index is 13.8. The van der Waals surface area contributed by atoms with Crippen LogP contribution in [0.25, 0.3) is 0 Å². The third-order valence-corrected chi connectivity index (χ3v) is 4.96. The number of ether oxygens (including phenoxy) is 1. The lowest BCUT2D eigenvalue weighted by atomic mass is 10.2. The van der Waals surface area contributed by atoms with Gasteiger partial charge in [-0.2, -0.15) is 10.1 Å². The van der Waals surface area contributed by atoms with Crippen molar-refractivity contribution in [1.29, 1.82) is 0 Å². The Labute approximate surface area is 184 Å². The van der Waals surface area contributed by atoms with Crippen molar-refractivity contribution in [2.45, 2.75) is 46.2 Å². The Bertz CT molecular complexity index is 1130. The van der Waals surface area contributed by atoms with Crippen LogP contribution >= 0.6 is 0 Å². The number of aromatic nitrogens is 5. The van der Waals surface area contributed by atoms with Gasteiger partial charge in [0.25, 0.3) is 5.91 Å². The molecule has 0 radical (unpaired) electrons. The topological polar surface area (TPSA) is 110 Å². The summed E-state index contributed by atoms with van der Waals surface area (Å²) >= 11 is 0. The SMILES string of the molecule is Cc1nc(NCc2cnn(Cc3ccncc3F)c2)nc2c1NC(=O)C(OC(C)C)N2C. The van der Waals surface area contributed by atoms with Gasteiger partial charge in [0.15, 0.2) is 5.82 Å². The molecule has 2 N–H and O–H groups in total. The summed E-state index contributed by atoms with van der Waals surface area (Å²) in [7, 11) is 1.77. The molecular formula is C21H25FN8O2. The lowest BCUT2D eigenvalue weighted by Gasteiger charge is -2.35. The van der Waals surface area contributed by atoms with Gasteiger partial charge < -0.3 is 20.3 Å². The Kier molecular flexibility index (Phi) is 5.99. The summed E-state index contributed by atoms with van der Waals surface area (Å²) in [5, 5.41) is 10.3. The maximum absolute atomic E-state index is 13.8. The first-order chi connectivity index (χ1) is 15.3. The summed E-state index contributed by atoms with van der Waals surface area (Å²) in [5.41, 5.74) is 2.61. The number of nitrogens with zero attached hydrogens (tertiary/aromatic N) is 6. The molecule has 10 nitrogen and oxygen atoms in total. The molecule has 0 aromatic carbocycles. The van der Waals surface area contributed by atoms with E-state index in [4.69, 9.17) is 4.74 Å². The predicted octanol–water partition coefficient (Wildman–Crippen LogP) is 2.32. The summed E-state index contributed by atoms with van der Waals surface area (Å²) in [6.07, 6.45) is 5.39. The molecule has 1 aliphatic rings. The summed E-state index contributed by atoms with van der Waals surface area (Å²) < 4.78 is 21.2. The number of carbonyl (C=O) groups excluding carboxylic acids is 1. The molecule has 11 heteroatoms. The van der Waals surface area contributed by atoms with Crippen molar-refractivity contribution in [2.75, 3.05) is 22.6 Å². The fourth-order valence-electron chi connectivity index (χ4n) is 3.39. The van der Waals surface area contributed by atoms with Crippen molar-refractivity contribution in [3.8, 4) is 0 Å². The van der Waals surface area contributed by atoms with Crippen molar-refractivity contribution in [3.63, 3.8) is 0 Å². The number of likely N-dealkylation sites (N-methyl/N-ethyl adjacent to an activating group) is 1. The monoisotopic (exact) mass is 440 g/mol. The van der Waals surface area contributed by atoms with E-state index in [1.165, 1.54) is 6.20 Å². The highest BCUT2D eigenvalue weighted by Crippen LogP contribution is 2.32. The van der Waals surface area contributed by atoms with Crippen LogP contribution in [0.1, 0.15) is 30.7 Å². The molecular weight excluding hydrogens is 415 g/mol. The molecule has 0 saturated heterocycles. The van der Waals surface area contributed by atoms with E-state index in [1.807, 2.05) is 27.0 Å². The minimum absolute atomic E-state index is 0.118. The number of hydrogen-bond acceptors (Lipinski definition) is 8. The first-order valence-corrected chi connectivity index (χ1v) is 10.2. The molecule has 0 fully saturated rings. The fraction of sp³-hybridized carbons (Fsp3) is 0.381. The second-order valence-electron chi connectivity index (χ2n) is 7.84. The van der Waals surface area contributed by atoms with Crippen LogP contribution in [-0.4, -0.2) is 50.0 Å². The molecule has 1 atom stereocenters. The molecule has 3 aromatic rings. The largest absolute Gasteiger partial charge is 0.350 e. The van der Waals surface area contributed by atoms with Gasteiger partial charge in [0.05, 0.1) is 30.7 Å². The smallest absolute Gasteiger partial charge is 0.274 e. The highest BCUT2D eigenvalue weighted by Gasteiger charge is 2.34. The standard InChI is InChI=1S/C21H25FN8O2/c1-12(2)32-20-19(31)27-17-13(3)26-21(28-18(17)29(20)4)24-7-14-8-25-30(10-14)11-15-5-6-23-9-16(15)22/h5-6,8-10,12,20H,7,11H2,1-4H3,(H,27,31)(H,24,26,28). The molecule has 0 aliphatic carbocycles. The average Bonchev–Trinajstić information content (AvgIpc) is 3.19. The van der Waals surface area contributed by atoms with Crippen LogP contribution in [0.4, 0.5) is 21.8 Å². The summed E-state index contributed by atoms with van der Waals surface area (Å²) in [5.74, 6) is 0.380. The second kappa shape index (κ2) is 8.87. The number of nitrogens with one attached hydrogen (secondary N) is 2. The van der Waals surface area contributed by atoms with Gasteiger partial charge in [-0.3, -0.25) is 14.5 Å². The molecule has 4 rings (SSSR count). The Morgan fingerprint density at radius 3 is 2.88 bits per heavy atom. The van der Waals surface area contributed by atoms with Crippen LogP contribution in [0.5, 0.6) is 0 Å². The van der Waals surface area contributed by atoms with E-state index >= 15 is 0 Å². The quantitative estimate of drug-likeness (QED) is 0.576. The average molecular weight is 440 g/mol. The Morgan fingerprint density at radius 1 is 1.31 bits per heavy atom. The van der Waals surface area contributed by atoms with E-state index in [1.54, 1.807) is 35.1 Å². The van der Waals surface area contributed by atoms with E-state index in [0.717, 1.165) is 5.56 Å². The molecule has 3 aromatic heterocycles. The Hall–Kier alpha value is -3.60. The van der Waals surface area contributed by atoms with Gasteiger partial charge in [-0.05, 0) is 26.8 Å². The Balaban J connectivity index is 1.47. The van der Waals surface area contributed by atoms with Crippen molar-refractivity contribution in [2.24, 2.45) is 0 Å². The minimum atomic E-state index is -0.767. The molecule has 0 saturated carbocycles. The first kappa shape index (κ1) is 21.6. The molecule has 1 unspecified atom stereocenters. The van der Waals surface area contributed by atoms with Crippen LogP contribution in [0, 0.1) is 12.7 Å². The number of amides is 1. The molecule has 0 spiro atoms. The van der Waals surface area contributed by atoms with Gasteiger partial charge in [-0.25, -0.2) is 9.37 Å². The lowest BCUT2D eigenvalue weighted by molar-refractivity contribution is -0.130. The molecule has 1 aliphatic heterocycles. The van der Waals surface area contributed by atoms with Gasteiger partial charge in [0, 0.05) is 37.1 Å². The number of anilines is 3. The number of carbonyl (C=O) groups is 1. The van der Waals surface area contributed by atoms with E-state index < -0.39 is 6.23 Å². The van der Waals surface area contributed by atoms with Crippen LogP contribution in [-0.2, 0) is 22.6 Å².